The average Bonchev–Trinajstić information content (AvgIpc) is 1.87. The molecule has 1 heteroatoms. The molecule has 0 fully saturated rings. The first kappa shape index (κ1) is 8.48. The Balaban J connectivity index is 0.000000490. The van der Waals surface area contributed by atoms with Crippen molar-refractivity contribution in [1.82, 2.24) is 0 Å². The van der Waals surface area contributed by atoms with E-state index in [4.69, 9.17) is 0 Å². The molecule has 0 heterocycles. The van der Waals surface area contributed by atoms with E-state index in [9.17, 15) is 0 Å². The normalized spacial score (nSPS) is 24.8. The van der Waals surface area contributed by atoms with Crippen molar-refractivity contribution in [3.05, 3.63) is 23.8 Å². The Bertz CT molecular complexity index is 122. The van der Waals surface area contributed by atoms with Crippen LogP contribution in [0, 0.1) is 12.0 Å². The van der Waals surface area contributed by atoms with Gasteiger partial charge in [-0.05, 0) is 0 Å². The Labute approximate surface area is 73.0 Å². The van der Waals surface area contributed by atoms with Gasteiger partial charge in [-0.25, -0.2) is 11.6 Å². The van der Waals surface area contributed by atoms with Gasteiger partial charge in [0.05, 0.1) is 0 Å². The zero-order valence-corrected chi connectivity index (χ0v) is 7.73. The zero-order valence-electron chi connectivity index (χ0n) is 5.73. The van der Waals surface area contributed by atoms with Gasteiger partial charge in [0.25, 0.3) is 0 Å². The summed E-state index contributed by atoms with van der Waals surface area (Å²) < 4.78 is 0. The number of allylic oxidation sites excluding steroid dienone is 4. The minimum Gasteiger partial charge on any atom is -0.270 e. The molecule has 1 aliphatic rings. The maximum Gasteiger partial charge on any atom is 1.00 e. The van der Waals surface area contributed by atoms with Crippen molar-refractivity contribution in [2.75, 3.05) is 0 Å². The van der Waals surface area contributed by atoms with Crippen molar-refractivity contribution in [1.29, 1.82) is 0 Å². The molecule has 0 N–H and O–H groups in total. The minimum absolute atomic E-state index is 0. The van der Waals surface area contributed by atoms with Crippen molar-refractivity contribution in [2.45, 2.75) is 13.8 Å². The van der Waals surface area contributed by atoms with Crippen LogP contribution in [0.15, 0.2) is 17.7 Å². The van der Waals surface area contributed by atoms with E-state index in [0.29, 0.717) is 5.92 Å². The van der Waals surface area contributed by atoms with Crippen LogP contribution < -0.4 is 29.6 Å². The minimum atomic E-state index is 0. The molecule has 1 rings (SSSR count). The Hall–Kier alpha value is 0.480. The standard InChI is InChI=1S/C7H9.Na/c1-6-3-4-7(2)5-6;/h3,5,7H,1-2H3;/q-1;+1. The summed E-state index contributed by atoms with van der Waals surface area (Å²) in [5.41, 5.74) is 1.34. The molecule has 1 atom stereocenters. The Morgan fingerprint density at radius 2 is 2.25 bits per heavy atom. The molecule has 0 radical (unpaired) electrons. The molecule has 1 unspecified atom stereocenters. The molecule has 0 aromatic carbocycles. The smallest absolute Gasteiger partial charge is 0.270 e. The van der Waals surface area contributed by atoms with Crippen molar-refractivity contribution in [3.63, 3.8) is 0 Å². The third kappa shape index (κ3) is 2.17. The number of hydrogen-bond donors (Lipinski definition) is 0. The summed E-state index contributed by atoms with van der Waals surface area (Å²) in [4.78, 5) is 0. The summed E-state index contributed by atoms with van der Waals surface area (Å²) in [6, 6.07) is 0. The summed E-state index contributed by atoms with van der Waals surface area (Å²) in [7, 11) is 0. The molecule has 0 amide bonds. The monoisotopic (exact) mass is 116 g/mol. The van der Waals surface area contributed by atoms with Crippen LogP contribution in [0.3, 0.4) is 0 Å². The van der Waals surface area contributed by atoms with E-state index in [1.165, 1.54) is 5.57 Å². The van der Waals surface area contributed by atoms with E-state index in [1.807, 2.05) is 6.08 Å². The predicted molar refractivity (Wildman–Crippen MR) is 30.7 cm³/mol. The number of hydrogen-bond acceptors (Lipinski definition) is 0. The summed E-state index contributed by atoms with van der Waals surface area (Å²) >= 11 is 0. The second kappa shape index (κ2) is 3.49. The van der Waals surface area contributed by atoms with E-state index < -0.39 is 0 Å². The van der Waals surface area contributed by atoms with Crippen molar-refractivity contribution in [3.8, 4) is 0 Å². The molecule has 0 saturated heterocycles. The quantitative estimate of drug-likeness (QED) is 0.280. The molecule has 0 nitrogen and oxygen atoms in total. The average molecular weight is 116 g/mol. The molecule has 0 aromatic rings. The Kier molecular flexibility index (Phi) is 3.70. The van der Waals surface area contributed by atoms with Crippen LogP contribution in [0.4, 0.5) is 0 Å². The molecular weight excluding hydrogens is 107 g/mol. The maximum absolute atomic E-state index is 3.15. The first-order valence-corrected chi connectivity index (χ1v) is 2.57. The van der Waals surface area contributed by atoms with Crippen LogP contribution >= 0.6 is 0 Å². The fourth-order valence-corrected chi connectivity index (χ4v) is 0.753. The van der Waals surface area contributed by atoms with Crippen LogP contribution in [0.5, 0.6) is 0 Å². The third-order valence-electron chi connectivity index (χ3n) is 1.09. The molecular formula is C7H9Na. The van der Waals surface area contributed by atoms with Gasteiger partial charge in [-0.15, -0.1) is 6.92 Å². The molecule has 38 valence electrons. The molecule has 0 saturated carbocycles. The van der Waals surface area contributed by atoms with Gasteiger partial charge in [-0.2, -0.15) is 6.08 Å². The summed E-state index contributed by atoms with van der Waals surface area (Å²) in [6.07, 6.45) is 7.38. The SMILES string of the molecule is CC1=CC(C)[C-]=C1.[Na+]. The van der Waals surface area contributed by atoms with E-state index in [-0.39, 0.29) is 29.6 Å². The van der Waals surface area contributed by atoms with Crippen molar-refractivity contribution in [2.24, 2.45) is 5.92 Å². The van der Waals surface area contributed by atoms with Crippen LogP contribution in [0.25, 0.3) is 0 Å². The molecule has 0 aromatic heterocycles. The van der Waals surface area contributed by atoms with Crippen LogP contribution in [-0.4, -0.2) is 0 Å². The second-order valence-electron chi connectivity index (χ2n) is 2.01. The molecule has 1 aliphatic carbocycles. The Morgan fingerprint density at radius 3 is 2.38 bits per heavy atom. The van der Waals surface area contributed by atoms with Crippen LogP contribution in [0.1, 0.15) is 13.8 Å². The third-order valence-corrected chi connectivity index (χ3v) is 1.09. The van der Waals surface area contributed by atoms with E-state index >= 15 is 0 Å². The van der Waals surface area contributed by atoms with Crippen LogP contribution in [0.2, 0.25) is 0 Å². The van der Waals surface area contributed by atoms with Gasteiger partial charge in [-0.1, -0.05) is 12.8 Å². The fourth-order valence-electron chi connectivity index (χ4n) is 0.753. The van der Waals surface area contributed by atoms with Gasteiger partial charge in [0.2, 0.25) is 0 Å². The first-order chi connectivity index (χ1) is 3.29. The molecule has 8 heavy (non-hydrogen) atoms. The second-order valence-corrected chi connectivity index (χ2v) is 2.01. The summed E-state index contributed by atoms with van der Waals surface area (Å²) in [6.45, 7) is 4.23. The van der Waals surface area contributed by atoms with Gasteiger partial charge in [-0.3, -0.25) is 6.08 Å². The van der Waals surface area contributed by atoms with E-state index in [2.05, 4.69) is 26.0 Å². The summed E-state index contributed by atoms with van der Waals surface area (Å²) in [5.74, 6) is 0.556. The molecule has 0 spiro atoms. The molecule has 0 bridgehead atoms. The Morgan fingerprint density at radius 1 is 1.62 bits per heavy atom. The summed E-state index contributed by atoms with van der Waals surface area (Å²) in [5, 5.41) is 0. The number of rotatable bonds is 0. The maximum atomic E-state index is 3.15. The molecule has 0 aliphatic heterocycles. The van der Waals surface area contributed by atoms with Gasteiger partial charge >= 0.3 is 29.6 Å². The van der Waals surface area contributed by atoms with Crippen molar-refractivity contribution >= 4 is 0 Å². The van der Waals surface area contributed by atoms with Gasteiger partial charge in [0, 0.05) is 0 Å². The van der Waals surface area contributed by atoms with E-state index in [1.54, 1.807) is 0 Å². The van der Waals surface area contributed by atoms with Crippen molar-refractivity contribution < 1.29 is 29.6 Å². The zero-order chi connectivity index (χ0) is 5.28. The fraction of sp³-hybridized carbons (Fsp3) is 0.429. The topological polar surface area (TPSA) is 0 Å². The van der Waals surface area contributed by atoms with E-state index in [0.717, 1.165) is 0 Å². The van der Waals surface area contributed by atoms with Crippen LogP contribution in [-0.2, 0) is 0 Å². The van der Waals surface area contributed by atoms with Gasteiger partial charge in [0.15, 0.2) is 0 Å². The predicted octanol–water partition coefficient (Wildman–Crippen LogP) is -1.05. The first-order valence-electron chi connectivity index (χ1n) is 2.57. The largest absolute Gasteiger partial charge is 1.00 e. The van der Waals surface area contributed by atoms with Gasteiger partial charge in [0.1, 0.15) is 0 Å². The van der Waals surface area contributed by atoms with Gasteiger partial charge < -0.3 is 0 Å².